The highest BCUT2D eigenvalue weighted by molar-refractivity contribution is 6.15. The Bertz CT molecular complexity index is 230. The summed E-state index contributed by atoms with van der Waals surface area (Å²) in [5, 5.41) is 1.88. The van der Waals surface area contributed by atoms with Crippen LogP contribution in [-0.4, -0.2) is 18.3 Å². The molecule has 5 heteroatoms. The molecule has 0 aliphatic carbocycles. The predicted molar refractivity (Wildman–Crippen MR) is 28.0 cm³/mol. The first-order valence-electron chi connectivity index (χ1n) is 2.35. The first-order valence-corrected chi connectivity index (χ1v) is 2.35. The third kappa shape index (κ3) is 1.02. The predicted octanol–water partition coefficient (Wildman–Crippen LogP) is -1.39. The summed E-state index contributed by atoms with van der Waals surface area (Å²) in [5.74, 6) is -1.62. The Kier molecular flexibility index (Phi) is 1.49. The molecule has 0 aromatic heterocycles. The summed E-state index contributed by atoms with van der Waals surface area (Å²) in [6, 6.07) is 0. The Morgan fingerprint density at radius 2 is 2.20 bits per heavy atom. The first-order chi connectivity index (χ1) is 4.74. The fourth-order valence-corrected chi connectivity index (χ4v) is 0.515. The standard InChI is InChI=1S/C5H2NO4/c7-2-10-3-1-4(8)6-5(3)9/h1H,(H,6,8,9). The first kappa shape index (κ1) is 6.47. The van der Waals surface area contributed by atoms with Gasteiger partial charge in [-0.2, -0.15) is 0 Å². The van der Waals surface area contributed by atoms with Crippen molar-refractivity contribution >= 4 is 18.3 Å². The van der Waals surface area contributed by atoms with Gasteiger partial charge in [0.25, 0.3) is 11.8 Å². The molecule has 10 heavy (non-hydrogen) atoms. The zero-order valence-corrected chi connectivity index (χ0v) is 4.71. The second-order valence-corrected chi connectivity index (χ2v) is 1.51. The Hall–Kier alpha value is -1.65. The van der Waals surface area contributed by atoms with Crippen LogP contribution in [-0.2, 0) is 19.1 Å². The SMILES string of the molecule is O=[C]OC1=CC(=O)NC1=O. The third-order valence-corrected chi connectivity index (χ3v) is 0.874. The van der Waals surface area contributed by atoms with Gasteiger partial charge in [-0.15, -0.1) is 0 Å². The maximum absolute atomic E-state index is 10.5. The van der Waals surface area contributed by atoms with Gasteiger partial charge in [-0.3, -0.25) is 14.9 Å². The third-order valence-electron chi connectivity index (χ3n) is 0.874. The Labute approximate surface area is 55.7 Å². The van der Waals surface area contributed by atoms with E-state index in [1.807, 2.05) is 5.32 Å². The van der Waals surface area contributed by atoms with Crippen molar-refractivity contribution in [2.24, 2.45) is 0 Å². The van der Waals surface area contributed by atoms with E-state index < -0.39 is 11.8 Å². The van der Waals surface area contributed by atoms with E-state index in [1.165, 1.54) is 0 Å². The molecule has 0 spiro atoms. The second kappa shape index (κ2) is 2.30. The molecule has 0 bridgehead atoms. The van der Waals surface area contributed by atoms with Crippen molar-refractivity contribution in [2.75, 3.05) is 0 Å². The van der Waals surface area contributed by atoms with E-state index in [1.54, 1.807) is 0 Å². The molecule has 0 saturated carbocycles. The molecule has 2 amide bonds. The highest BCUT2D eigenvalue weighted by atomic mass is 16.5. The van der Waals surface area contributed by atoms with Gasteiger partial charge in [-0.05, 0) is 0 Å². The van der Waals surface area contributed by atoms with Crippen molar-refractivity contribution in [1.82, 2.24) is 5.32 Å². The van der Waals surface area contributed by atoms with E-state index in [0.29, 0.717) is 0 Å². The average molecular weight is 140 g/mol. The molecule has 1 N–H and O–H groups in total. The number of imide groups is 1. The lowest BCUT2D eigenvalue weighted by Crippen LogP contribution is -2.22. The van der Waals surface area contributed by atoms with E-state index in [9.17, 15) is 14.4 Å². The number of hydrogen-bond donors (Lipinski definition) is 1. The van der Waals surface area contributed by atoms with Crippen molar-refractivity contribution in [2.45, 2.75) is 0 Å². The summed E-state index contributed by atoms with van der Waals surface area (Å²) >= 11 is 0. The van der Waals surface area contributed by atoms with Crippen molar-refractivity contribution in [3.05, 3.63) is 11.8 Å². The minimum Gasteiger partial charge on any atom is -0.412 e. The van der Waals surface area contributed by atoms with E-state index in [2.05, 4.69) is 4.74 Å². The molecule has 0 fully saturated rings. The summed E-state index contributed by atoms with van der Waals surface area (Å²) < 4.78 is 4.01. The Morgan fingerprint density at radius 3 is 2.60 bits per heavy atom. The van der Waals surface area contributed by atoms with Crippen LogP contribution in [0.1, 0.15) is 0 Å². The number of amides is 2. The van der Waals surface area contributed by atoms with Gasteiger partial charge >= 0.3 is 6.47 Å². The van der Waals surface area contributed by atoms with Crippen molar-refractivity contribution in [1.29, 1.82) is 0 Å². The highest BCUT2D eigenvalue weighted by Crippen LogP contribution is 2.00. The molecule has 5 nitrogen and oxygen atoms in total. The van der Waals surface area contributed by atoms with E-state index >= 15 is 0 Å². The van der Waals surface area contributed by atoms with Gasteiger partial charge in [0.1, 0.15) is 0 Å². The lowest BCUT2D eigenvalue weighted by atomic mass is 10.5. The van der Waals surface area contributed by atoms with Crippen LogP contribution in [0.15, 0.2) is 11.8 Å². The van der Waals surface area contributed by atoms with Crippen molar-refractivity contribution in [3.8, 4) is 0 Å². The monoisotopic (exact) mass is 140 g/mol. The molecule has 0 atom stereocenters. The van der Waals surface area contributed by atoms with Gasteiger partial charge in [0, 0.05) is 0 Å². The molecule has 0 aromatic carbocycles. The van der Waals surface area contributed by atoms with Crippen LogP contribution in [0, 0.1) is 0 Å². The Balaban J connectivity index is 2.74. The number of rotatable bonds is 2. The summed E-state index contributed by atoms with van der Waals surface area (Å²) in [6.45, 7) is 1.03. The number of nitrogens with one attached hydrogen (secondary N) is 1. The molecular formula is C5H2NO4. The van der Waals surface area contributed by atoms with Gasteiger partial charge < -0.3 is 4.74 Å². The minimum atomic E-state index is -0.714. The molecule has 1 aliphatic heterocycles. The molecule has 1 rings (SSSR count). The summed E-state index contributed by atoms with van der Waals surface area (Å²) in [4.78, 5) is 30.3. The normalized spacial score (nSPS) is 16.2. The van der Waals surface area contributed by atoms with Gasteiger partial charge in [-0.1, -0.05) is 0 Å². The van der Waals surface area contributed by atoms with Crippen LogP contribution in [0.2, 0.25) is 0 Å². The molecule has 51 valence electrons. The van der Waals surface area contributed by atoms with Crippen molar-refractivity contribution < 1.29 is 19.1 Å². The summed E-state index contributed by atoms with van der Waals surface area (Å²) in [5.41, 5.74) is 0. The van der Waals surface area contributed by atoms with E-state index in [0.717, 1.165) is 12.5 Å². The fourth-order valence-electron chi connectivity index (χ4n) is 0.515. The maximum Gasteiger partial charge on any atom is 0.423 e. The summed E-state index contributed by atoms with van der Waals surface area (Å²) in [7, 11) is 0. The van der Waals surface area contributed by atoms with Crippen molar-refractivity contribution in [3.63, 3.8) is 0 Å². The largest absolute Gasteiger partial charge is 0.423 e. The van der Waals surface area contributed by atoms with E-state index in [4.69, 9.17) is 0 Å². The maximum atomic E-state index is 10.5. The van der Waals surface area contributed by atoms with Crippen LogP contribution in [0.25, 0.3) is 0 Å². The molecule has 0 aromatic rings. The molecule has 1 radical (unpaired) electrons. The second-order valence-electron chi connectivity index (χ2n) is 1.51. The lowest BCUT2D eigenvalue weighted by molar-refractivity contribution is -0.124. The van der Waals surface area contributed by atoms with Gasteiger partial charge in [0.15, 0.2) is 0 Å². The number of carbonyl (C=O) groups excluding carboxylic acids is 3. The van der Waals surface area contributed by atoms with Gasteiger partial charge in [-0.25, -0.2) is 4.79 Å². The average Bonchev–Trinajstić information content (AvgIpc) is 2.13. The topological polar surface area (TPSA) is 72.5 Å². The fraction of sp³-hybridized carbons (Fsp3) is 0. The van der Waals surface area contributed by atoms with Crippen LogP contribution in [0.3, 0.4) is 0 Å². The molecular weight excluding hydrogens is 138 g/mol. The Morgan fingerprint density at radius 1 is 1.50 bits per heavy atom. The molecule has 1 heterocycles. The quantitative estimate of drug-likeness (QED) is 0.479. The number of carbonyl (C=O) groups is 2. The number of hydrogen-bond acceptors (Lipinski definition) is 4. The summed E-state index contributed by atoms with van der Waals surface area (Å²) in [6.07, 6.45) is 0.882. The molecule has 1 aliphatic rings. The zero-order chi connectivity index (χ0) is 7.56. The molecule has 0 unspecified atom stereocenters. The van der Waals surface area contributed by atoms with Crippen LogP contribution >= 0.6 is 0 Å². The zero-order valence-electron chi connectivity index (χ0n) is 4.71. The van der Waals surface area contributed by atoms with Gasteiger partial charge in [0.05, 0.1) is 6.08 Å². The highest BCUT2D eigenvalue weighted by Gasteiger charge is 2.22. The van der Waals surface area contributed by atoms with Crippen LogP contribution in [0.5, 0.6) is 0 Å². The van der Waals surface area contributed by atoms with Crippen LogP contribution < -0.4 is 5.32 Å². The lowest BCUT2D eigenvalue weighted by Gasteiger charge is -1.90. The van der Waals surface area contributed by atoms with Crippen LogP contribution in [0.4, 0.5) is 0 Å². The smallest absolute Gasteiger partial charge is 0.412 e. The molecule has 0 saturated heterocycles. The van der Waals surface area contributed by atoms with Gasteiger partial charge in [0.2, 0.25) is 5.76 Å². The minimum absolute atomic E-state index is 0.319. The van der Waals surface area contributed by atoms with E-state index in [-0.39, 0.29) is 5.76 Å². The number of ether oxygens (including phenoxy) is 1.